The van der Waals surface area contributed by atoms with Crippen LogP contribution in [-0.2, 0) is 6.54 Å². The summed E-state index contributed by atoms with van der Waals surface area (Å²) in [6.45, 7) is 2.80. The van der Waals surface area contributed by atoms with Gasteiger partial charge in [0.2, 0.25) is 0 Å². The third-order valence-corrected chi connectivity index (χ3v) is 4.74. The van der Waals surface area contributed by atoms with Crippen molar-refractivity contribution in [2.45, 2.75) is 18.9 Å². The van der Waals surface area contributed by atoms with E-state index in [9.17, 15) is 4.79 Å². The second-order valence-corrected chi connectivity index (χ2v) is 6.19. The van der Waals surface area contributed by atoms with Crippen molar-refractivity contribution in [3.63, 3.8) is 0 Å². The first kappa shape index (κ1) is 13.5. The molecule has 2 aromatic heterocycles. The molecule has 22 heavy (non-hydrogen) atoms. The highest BCUT2D eigenvalue weighted by Crippen LogP contribution is 2.33. The van der Waals surface area contributed by atoms with Crippen LogP contribution < -0.4 is 15.6 Å². The third kappa shape index (κ3) is 2.22. The number of hydrogen-bond acceptors (Lipinski definition) is 4. The molecule has 114 valence electrons. The first-order chi connectivity index (χ1) is 10.7. The van der Waals surface area contributed by atoms with Crippen molar-refractivity contribution in [2.24, 2.45) is 5.92 Å². The second-order valence-electron chi connectivity index (χ2n) is 6.19. The van der Waals surface area contributed by atoms with Gasteiger partial charge < -0.3 is 14.6 Å². The summed E-state index contributed by atoms with van der Waals surface area (Å²) in [5.74, 6) is 1.71. The minimum absolute atomic E-state index is 0.0897. The van der Waals surface area contributed by atoms with Crippen LogP contribution in [0.15, 0.2) is 35.4 Å². The molecule has 2 aromatic rings. The molecule has 0 spiro atoms. The van der Waals surface area contributed by atoms with Gasteiger partial charge in [-0.25, -0.2) is 0 Å². The molecular formula is C17H19N3O2. The summed E-state index contributed by atoms with van der Waals surface area (Å²) in [5.41, 5.74) is 3.08. The largest absolute Gasteiger partial charge is 0.495 e. The maximum atomic E-state index is 12.5. The van der Waals surface area contributed by atoms with Gasteiger partial charge in [-0.2, -0.15) is 0 Å². The number of pyridine rings is 2. The maximum Gasteiger partial charge on any atom is 0.251 e. The van der Waals surface area contributed by atoms with Gasteiger partial charge in [0.05, 0.1) is 13.3 Å². The zero-order valence-corrected chi connectivity index (χ0v) is 12.6. The van der Waals surface area contributed by atoms with E-state index in [-0.39, 0.29) is 5.56 Å². The SMILES string of the molecule is COc1cncc(-c2cc3n(c(=O)c2)C[C@@H]2CNC[C@H]3C2)c1. The van der Waals surface area contributed by atoms with Gasteiger partial charge in [0.15, 0.2) is 0 Å². The summed E-state index contributed by atoms with van der Waals surface area (Å²) in [6, 6.07) is 5.78. The Kier molecular flexibility index (Phi) is 3.22. The average Bonchev–Trinajstić information content (AvgIpc) is 2.56. The molecule has 2 atom stereocenters. The van der Waals surface area contributed by atoms with Gasteiger partial charge in [-0.3, -0.25) is 9.78 Å². The van der Waals surface area contributed by atoms with Crippen molar-refractivity contribution in [1.82, 2.24) is 14.9 Å². The van der Waals surface area contributed by atoms with Crippen molar-refractivity contribution in [3.05, 3.63) is 46.6 Å². The fourth-order valence-electron chi connectivity index (χ4n) is 3.66. The third-order valence-electron chi connectivity index (χ3n) is 4.74. The van der Waals surface area contributed by atoms with Crippen LogP contribution >= 0.6 is 0 Å². The molecular weight excluding hydrogens is 278 g/mol. The summed E-state index contributed by atoms with van der Waals surface area (Å²) < 4.78 is 7.18. The minimum atomic E-state index is 0.0897. The number of methoxy groups -OCH3 is 1. The van der Waals surface area contributed by atoms with Crippen molar-refractivity contribution < 1.29 is 4.74 Å². The fourth-order valence-corrected chi connectivity index (χ4v) is 3.66. The molecule has 0 amide bonds. The van der Waals surface area contributed by atoms with Gasteiger partial charge in [-0.1, -0.05) is 0 Å². The van der Waals surface area contributed by atoms with Crippen LogP contribution in [0.1, 0.15) is 18.0 Å². The first-order valence-corrected chi connectivity index (χ1v) is 7.69. The Labute approximate surface area is 129 Å². The number of nitrogens with zero attached hydrogens (tertiary/aromatic N) is 2. The van der Waals surface area contributed by atoms with Crippen LogP contribution in [-0.4, -0.2) is 29.8 Å². The number of rotatable bonds is 2. The molecule has 0 saturated carbocycles. The van der Waals surface area contributed by atoms with Crippen LogP contribution in [0.4, 0.5) is 0 Å². The van der Waals surface area contributed by atoms with Crippen LogP contribution in [0.25, 0.3) is 11.1 Å². The number of fused-ring (bicyclic) bond motifs is 4. The monoisotopic (exact) mass is 297 g/mol. The number of ether oxygens (including phenoxy) is 1. The van der Waals surface area contributed by atoms with E-state index in [0.717, 1.165) is 36.5 Å². The Balaban J connectivity index is 1.82. The van der Waals surface area contributed by atoms with E-state index in [1.54, 1.807) is 25.6 Å². The maximum absolute atomic E-state index is 12.5. The quantitative estimate of drug-likeness (QED) is 0.915. The molecule has 4 rings (SSSR count). The Morgan fingerprint density at radius 1 is 1.23 bits per heavy atom. The normalized spacial score (nSPS) is 23.0. The lowest BCUT2D eigenvalue weighted by atomic mass is 9.83. The Bertz CT molecular complexity index is 769. The first-order valence-electron chi connectivity index (χ1n) is 7.69. The van der Waals surface area contributed by atoms with E-state index in [1.165, 1.54) is 6.42 Å². The zero-order valence-electron chi connectivity index (χ0n) is 12.6. The van der Waals surface area contributed by atoms with Crippen molar-refractivity contribution in [3.8, 4) is 16.9 Å². The van der Waals surface area contributed by atoms with Crippen LogP contribution in [0.5, 0.6) is 5.75 Å². The molecule has 1 fully saturated rings. The standard InChI is InChI=1S/C17H19N3O2/c1-22-15-3-13(7-19-9-15)12-4-16-14-2-11(6-18-8-14)10-20(16)17(21)5-12/h3-5,7,9,11,14,18H,2,6,8,10H2,1H3/t11-,14+/m0/s1. The number of aromatic nitrogens is 2. The molecule has 2 bridgehead atoms. The van der Waals surface area contributed by atoms with Gasteiger partial charge in [0.1, 0.15) is 5.75 Å². The predicted octanol–water partition coefficient (Wildman–Crippen LogP) is 1.63. The molecule has 0 radical (unpaired) electrons. The number of nitrogens with one attached hydrogen (secondary N) is 1. The average molecular weight is 297 g/mol. The van der Waals surface area contributed by atoms with Crippen molar-refractivity contribution in [2.75, 3.05) is 20.2 Å². The van der Waals surface area contributed by atoms with E-state index in [0.29, 0.717) is 17.6 Å². The van der Waals surface area contributed by atoms with Gasteiger partial charge in [-0.05, 0) is 36.6 Å². The van der Waals surface area contributed by atoms with E-state index < -0.39 is 0 Å². The van der Waals surface area contributed by atoms with Gasteiger partial charge in [-0.15, -0.1) is 0 Å². The molecule has 0 unspecified atom stereocenters. The lowest BCUT2D eigenvalue weighted by molar-refractivity contribution is 0.257. The topological polar surface area (TPSA) is 56.2 Å². The molecule has 2 aliphatic heterocycles. The Morgan fingerprint density at radius 3 is 3.00 bits per heavy atom. The molecule has 5 nitrogen and oxygen atoms in total. The summed E-state index contributed by atoms with van der Waals surface area (Å²) in [4.78, 5) is 16.7. The molecule has 1 saturated heterocycles. The van der Waals surface area contributed by atoms with Crippen LogP contribution in [0, 0.1) is 5.92 Å². The van der Waals surface area contributed by atoms with Gasteiger partial charge in [0.25, 0.3) is 5.56 Å². The molecule has 4 heterocycles. The zero-order chi connectivity index (χ0) is 15.1. The summed E-state index contributed by atoms with van der Waals surface area (Å²) in [5, 5.41) is 3.48. The highest BCUT2D eigenvalue weighted by atomic mass is 16.5. The fraction of sp³-hybridized carbons (Fsp3) is 0.412. The second kappa shape index (κ2) is 5.25. The molecule has 0 aromatic carbocycles. The molecule has 2 aliphatic rings. The highest BCUT2D eigenvalue weighted by molar-refractivity contribution is 5.64. The summed E-state index contributed by atoms with van der Waals surface area (Å²) in [6.07, 6.45) is 4.62. The van der Waals surface area contributed by atoms with Gasteiger partial charge in [0, 0.05) is 42.5 Å². The van der Waals surface area contributed by atoms with Crippen LogP contribution in [0.3, 0.4) is 0 Å². The van der Waals surface area contributed by atoms with E-state index >= 15 is 0 Å². The lowest BCUT2D eigenvalue weighted by Gasteiger charge is -2.37. The summed E-state index contributed by atoms with van der Waals surface area (Å²) in [7, 11) is 1.62. The summed E-state index contributed by atoms with van der Waals surface area (Å²) >= 11 is 0. The molecule has 0 aliphatic carbocycles. The minimum Gasteiger partial charge on any atom is -0.495 e. The molecule has 5 heteroatoms. The molecule has 1 N–H and O–H groups in total. The van der Waals surface area contributed by atoms with Crippen LogP contribution in [0.2, 0.25) is 0 Å². The Morgan fingerprint density at radius 2 is 2.14 bits per heavy atom. The van der Waals surface area contributed by atoms with E-state index in [1.807, 2.05) is 10.6 Å². The van der Waals surface area contributed by atoms with Gasteiger partial charge >= 0.3 is 0 Å². The Hall–Kier alpha value is -2.14. The lowest BCUT2D eigenvalue weighted by Crippen LogP contribution is -2.44. The van der Waals surface area contributed by atoms with E-state index in [2.05, 4.69) is 16.4 Å². The van der Waals surface area contributed by atoms with Crippen molar-refractivity contribution in [1.29, 1.82) is 0 Å². The van der Waals surface area contributed by atoms with E-state index in [4.69, 9.17) is 4.74 Å². The number of hydrogen-bond donors (Lipinski definition) is 1. The predicted molar refractivity (Wildman–Crippen MR) is 84.2 cm³/mol. The number of piperidine rings is 1. The van der Waals surface area contributed by atoms with Crippen molar-refractivity contribution >= 4 is 0 Å². The smallest absolute Gasteiger partial charge is 0.251 e. The highest BCUT2D eigenvalue weighted by Gasteiger charge is 2.31.